The van der Waals surface area contributed by atoms with Crippen LogP contribution < -0.4 is 5.32 Å². The molecule has 0 saturated carbocycles. The van der Waals surface area contributed by atoms with Crippen LogP contribution >= 0.6 is 0 Å². The first-order chi connectivity index (χ1) is 9.67. The summed E-state index contributed by atoms with van der Waals surface area (Å²) < 4.78 is 18.2. The van der Waals surface area contributed by atoms with Crippen LogP contribution in [0.4, 0.5) is 4.39 Å². The third kappa shape index (κ3) is 5.63. The lowest BCUT2D eigenvalue weighted by molar-refractivity contribution is -0.117. The van der Waals surface area contributed by atoms with Gasteiger partial charge in [0.25, 0.3) is 5.91 Å². The number of carbonyl (C=O) groups is 1. The third-order valence-corrected chi connectivity index (χ3v) is 2.48. The Morgan fingerprint density at radius 3 is 3.00 bits per heavy atom. The van der Waals surface area contributed by atoms with Gasteiger partial charge in [0.05, 0.1) is 0 Å². The summed E-state index contributed by atoms with van der Waals surface area (Å²) in [6.45, 7) is 3.53. The first-order valence-corrected chi connectivity index (χ1v) is 6.40. The molecular weight excluding hydrogens is 259 g/mol. The maximum atomic E-state index is 13.0. The van der Waals surface area contributed by atoms with Crippen molar-refractivity contribution in [2.75, 3.05) is 19.8 Å². The van der Waals surface area contributed by atoms with E-state index in [4.69, 9.17) is 10.00 Å². The Kier molecular flexibility index (Phi) is 7.01. The molecule has 20 heavy (non-hydrogen) atoms. The number of halogens is 1. The van der Waals surface area contributed by atoms with Crippen molar-refractivity contribution in [1.29, 1.82) is 5.26 Å². The highest BCUT2D eigenvalue weighted by atomic mass is 19.1. The van der Waals surface area contributed by atoms with Gasteiger partial charge in [-0.15, -0.1) is 0 Å². The topological polar surface area (TPSA) is 62.1 Å². The summed E-state index contributed by atoms with van der Waals surface area (Å²) >= 11 is 0. The Labute approximate surface area is 117 Å². The van der Waals surface area contributed by atoms with E-state index in [1.165, 1.54) is 24.3 Å². The fourth-order valence-electron chi connectivity index (χ4n) is 1.53. The molecule has 4 nitrogen and oxygen atoms in total. The van der Waals surface area contributed by atoms with Crippen LogP contribution in [-0.2, 0) is 9.53 Å². The molecule has 0 aliphatic heterocycles. The van der Waals surface area contributed by atoms with Gasteiger partial charge < -0.3 is 10.1 Å². The molecule has 1 aromatic rings. The second-order valence-electron chi connectivity index (χ2n) is 4.03. The second kappa shape index (κ2) is 8.83. The van der Waals surface area contributed by atoms with E-state index in [9.17, 15) is 9.18 Å². The number of hydrogen-bond acceptors (Lipinski definition) is 3. The van der Waals surface area contributed by atoms with Gasteiger partial charge in [-0.25, -0.2) is 4.39 Å². The van der Waals surface area contributed by atoms with E-state index in [1.807, 2.05) is 13.0 Å². The third-order valence-electron chi connectivity index (χ3n) is 2.48. The Balaban J connectivity index is 2.57. The maximum Gasteiger partial charge on any atom is 0.261 e. The van der Waals surface area contributed by atoms with Crippen molar-refractivity contribution in [2.45, 2.75) is 13.3 Å². The molecule has 0 radical (unpaired) electrons. The van der Waals surface area contributed by atoms with Crippen molar-refractivity contribution < 1.29 is 13.9 Å². The number of nitrogens with one attached hydrogen (secondary N) is 1. The molecule has 0 heterocycles. The summed E-state index contributed by atoms with van der Waals surface area (Å²) in [5.74, 6) is -0.874. The average molecular weight is 276 g/mol. The average Bonchev–Trinajstić information content (AvgIpc) is 2.44. The van der Waals surface area contributed by atoms with E-state index in [2.05, 4.69) is 5.32 Å². The Morgan fingerprint density at radius 2 is 2.35 bits per heavy atom. The van der Waals surface area contributed by atoms with Crippen molar-refractivity contribution in [3.8, 4) is 6.07 Å². The lowest BCUT2D eigenvalue weighted by Crippen LogP contribution is -2.26. The molecule has 1 rings (SSSR count). The van der Waals surface area contributed by atoms with Gasteiger partial charge in [-0.05, 0) is 37.1 Å². The summed E-state index contributed by atoms with van der Waals surface area (Å²) in [4.78, 5) is 11.8. The lowest BCUT2D eigenvalue weighted by Gasteiger charge is -2.04. The van der Waals surface area contributed by atoms with E-state index in [0.717, 1.165) is 0 Å². The van der Waals surface area contributed by atoms with Crippen molar-refractivity contribution >= 4 is 12.0 Å². The first kappa shape index (κ1) is 15.9. The van der Waals surface area contributed by atoms with Gasteiger partial charge in [-0.2, -0.15) is 5.26 Å². The van der Waals surface area contributed by atoms with Crippen molar-refractivity contribution in [2.24, 2.45) is 0 Å². The van der Waals surface area contributed by atoms with Crippen molar-refractivity contribution in [3.05, 3.63) is 41.2 Å². The van der Waals surface area contributed by atoms with Crippen molar-refractivity contribution in [1.82, 2.24) is 5.32 Å². The Hall–Kier alpha value is -2.19. The molecule has 0 unspecified atom stereocenters. The Bertz CT molecular complexity index is 521. The molecule has 0 fully saturated rings. The predicted molar refractivity (Wildman–Crippen MR) is 74.1 cm³/mol. The molecule has 1 N–H and O–H groups in total. The fraction of sp³-hybridized carbons (Fsp3) is 0.333. The van der Waals surface area contributed by atoms with Gasteiger partial charge in [-0.1, -0.05) is 12.1 Å². The van der Waals surface area contributed by atoms with Crippen LogP contribution in [0.1, 0.15) is 18.9 Å². The maximum absolute atomic E-state index is 13.0. The molecular formula is C15H17FN2O2. The van der Waals surface area contributed by atoms with E-state index in [1.54, 1.807) is 6.07 Å². The zero-order chi connectivity index (χ0) is 14.8. The highest BCUT2D eigenvalue weighted by Crippen LogP contribution is 2.08. The predicted octanol–water partition coefficient (Wildman–Crippen LogP) is 2.28. The minimum absolute atomic E-state index is 0.0491. The molecule has 0 spiro atoms. The molecule has 106 valence electrons. The minimum Gasteiger partial charge on any atom is -0.382 e. The summed E-state index contributed by atoms with van der Waals surface area (Å²) in [6, 6.07) is 7.54. The highest BCUT2D eigenvalue weighted by Gasteiger charge is 2.08. The number of rotatable bonds is 7. The van der Waals surface area contributed by atoms with E-state index >= 15 is 0 Å². The summed E-state index contributed by atoms with van der Waals surface area (Å²) in [5, 5.41) is 11.6. The second-order valence-corrected chi connectivity index (χ2v) is 4.03. The summed E-state index contributed by atoms with van der Waals surface area (Å²) in [5.41, 5.74) is 0.429. The molecule has 0 aliphatic carbocycles. The van der Waals surface area contributed by atoms with Gasteiger partial charge >= 0.3 is 0 Å². The smallest absolute Gasteiger partial charge is 0.261 e. The van der Waals surface area contributed by atoms with Gasteiger partial charge in [0.2, 0.25) is 0 Å². The van der Waals surface area contributed by atoms with Crippen LogP contribution in [0.3, 0.4) is 0 Å². The number of amides is 1. The molecule has 0 bridgehead atoms. The molecule has 0 aromatic heterocycles. The SMILES string of the molecule is CCOCCCNC(=O)/C(C#N)=C/c1cccc(F)c1. The molecule has 0 atom stereocenters. The number of carbonyl (C=O) groups excluding carboxylic acids is 1. The number of nitriles is 1. The van der Waals surface area contributed by atoms with Crippen LogP contribution in [0.25, 0.3) is 6.08 Å². The van der Waals surface area contributed by atoms with Gasteiger partial charge in [0.1, 0.15) is 17.5 Å². The van der Waals surface area contributed by atoms with Gasteiger partial charge in [0.15, 0.2) is 0 Å². The van der Waals surface area contributed by atoms with Gasteiger partial charge in [0, 0.05) is 19.8 Å². The molecule has 1 amide bonds. The van der Waals surface area contributed by atoms with Gasteiger partial charge in [-0.3, -0.25) is 4.79 Å². The van der Waals surface area contributed by atoms with E-state index in [0.29, 0.717) is 31.7 Å². The number of nitrogens with zero attached hydrogens (tertiary/aromatic N) is 1. The van der Waals surface area contributed by atoms with Crippen LogP contribution in [0.5, 0.6) is 0 Å². The standard InChI is InChI=1S/C15H17FN2O2/c1-2-20-8-4-7-18-15(19)13(11-17)9-12-5-3-6-14(16)10-12/h3,5-6,9-10H,2,4,7-8H2,1H3,(H,18,19)/b13-9+. The zero-order valence-corrected chi connectivity index (χ0v) is 11.4. The Morgan fingerprint density at radius 1 is 1.55 bits per heavy atom. The van der Waals surface area contributed by atoms with Crippen LogP contribution in [0.15, 0.2) is 29.8 Å². The monoisotopic (exact) mass is 276 g/mol. The summed E-state index contributed by atoms with van der Waals surface area (Å²) in [7, 11) is 0. The molecule has 1 aromatic carbocycles. The fourth-order valence-corrected chi connectivity index (χ4v) is 1.53. The minimum atomic E-state index is -0.465. The quantitative estimate of drug-likeness (QED) is 0.472. The van der Waals surface area contributed by atoms with Crippen LogP contribution in [-0.4, -0.2) is 25.7 Å². The van der Waals surface area contributed by atoms with Crippen LogP contribution in [0, 0.1) is 17.1 Å². The van der Waals surface area contributed by atoms with E-state index < -0.39 is 11.7 Å². The lowest BCUT2D eigenvalue weighted by atomic mass is 10.1. The largest absolute Gasteiger partial charge is 0.382 e. The molecule has 5 heteroatoms. The molecule has 0 saturated heterocycles. The zero-order valence-electron chi connectivity index (χ0n) is 11.4. The normalized spacial score (nSPS) is 10.9. The van der Waals surface area contributed by atoms with Crippen LogP contribution in [0.2, 0.25) is 0 Å². The number of benzene rings is 1. The van der Waals surface area contributed by atoms with Crippen molar-refractivity contribution in [3.63, 3.8) is 0 Å². The summed E-state index contributed by atoms with van der Waals surface area (Å²) in [6.07, 6.45) is 2.04. The number of ether oxygens (including phenoxy) is 1. The number of hydrogen-bond donors (Lipinski definition) is 1. The molecule has 0 aliphatic rings. The van der Waals surface area contributed by atoms with E-state index in [-0.39, 0.29) is 5.57 Å². The first-order valence-electron chi connectivity index (χ1n) is 6.40. The highest BCUT2D eigenvalue weighted by molar-refractivity contribution is 6.01.